The zero-order valence-electron chi connectivity index (χ0n) is 40.9. The van der Waals surface area contributed by atoms with Crippen LogP contribution in [0.15, 0.2) is 31.5 Å². The first-order valence-corrected chi connectivity index (χ1v) is 28.9. The molecular weight excluding hydrogens is 1150 g/mol. The van der Waals surface area contributed by atoms with E-state index in [9.17, 15) is 43.2 Å². The van der Waals surface area contributed by atoms with Crippen LogP contribution in [0.3, 0.4) is 0 Å². The van der Waals surface area contributed by atoms with Gasteiger partial charge in [0.15, 0.2) is 34.7 Å². The molecule has 3 saturated carbocycles. The number of carbonyl (C=O) groups is 9. The molecule has 2 atom stereocenters. The summed E-state index contributed by atoms with van der Waals surface area (Å²) in [6, 6.07) is -0.370. The molecule has 3 aliphatic carbocycles. The number of thioether (sulfide) groups is 2. The van der Waals surface area contributed by atoms with Gasteiger partial charge in [-0.05, 0) is 45.4 Å². The van der Waals surface area contributed by atoms with Gasteiger partial charge in [0.25, 0.3) is 0 Å². The minimum atomic E-state index is -0.801. The fourth-order valence-electron chi connectivity index (χ4n) is 6.29. The Labute approximate surface area is 471 Å². The third-order valence-electron chi connectivity index (χ3n) is 11.2. The van der Waals surface area contributed by atoms with Crippen molar-refractivity contribution in [1.29, 1.82) is 0 Å². The van der Waals surface area contributed by atoms with Crippen LogP contribution in [-0.4, -0.2) is 121 Å². The quantitative estimate of drug-likeness (QED) is 0.0265. The van der Waals surface area contributed by atoms with Crippen molar-refractivity contribution in [1.82, 2.24) is 54.3 Å². The van der Waals surface area contributed by atoms with Crippen molar-refractivity contribution >= 4 is 166 Å². The monoisotopic (exact) mass is 1200 g/mol. The maximum atomic E-state index is 11.8. The van der Waals surface area contributed by atoms with E-state index in [1.165, 1.54) is 77.9 Å². The van der Waals surface area contributed by atoms with E-state index in [2.05, 4.69) is 45.9 Å². The number of aliphatic imine (C=N–C) groups is 2. The van der Waals surface area contributed by atoms with Crippen LogP contribution >= 0.6 is 104 Å². The molecular formula is C45H55Cl3N12O9S6. The van der Waals surface area contributed by atoms with E-state index in [0.29, 0.717) is 77.9 Å². The van der Waals surface area contributed by atoms with Crippen LogP contribution in [0.4, 0.5) is 0 Å². The highest BCUT2D eigenvalue weighted by Gasteiger charge is 2.49. The van der Waals surface area contributed by atoms with Gasteiger partial charge in [-0.3, -0.25) is 53.1 Å². The molecule has 21 nitrogen and oxygen atoms in total. The molecule has 0 spiro atoms. The van der Waals surface area contributed by atoms with Gasteiger partial charge >= 0.3 is 0 Å². The molecule has 2 aliphatic heterocycles. The lowest BCUT2D eigenvalue weighted by Gasteiger charge is -2.06. The van der Waals surface area contributed by atoms with Crippen molar-refractivity contribution < 1.29 is 43.2 Å². The van der Waals surface area contributed by atoms with Crippen molar-refractivity contribution in [3.63, 3.8) is 0 Å². The number of alkyl halides is 3. The Kier molecular flexibility index (Phi) is 23.1. The van der Waals surface area contributed by atoms with Crippen molar-refractivity contribution in [3.8, 4) is 10.7 Å². The Morgan fingerprint density at radius 1 is 0.547 bits per heavy atom. The van der Waals surface area contributed by atoms with Crippen LogP contribution in [-0.2, 0) is 46.7 Å². The maximum absolute atomic E-state index is 11.8. The highest BCUT2D eigenvalue weighted by molar-refractivity contribution is 8.14. The average Bonchev–Trinajstić information content (AvgIpc) is 3.96. The van der Waals surface area contributed by atoms with Gasteiger partial charge in [0.2, 0.25) is 17.7 Å². The number of rotatable bonds is 21. The van der Waals surface area contributed by atoms with Crippen LogP contribution in [0.1, 0.15) is 126 Å². The second-order valence-electron chi connectivity index (χ2n) is 17.2. The molecule has 12 N–H and O–H groups in total. The number of hydrogen-bond acceptors (Lipinski definition) is 24. The number of carbonyl (C=O) groups excluding carboxylic acids is 9. The third kappa shape index (κ3) is 17.9. The normalized spacial score (nSPS) is 18.4. The summed E-state index contributed by atoms with van der Waals surface area (Å²) in [6.07, 6.45) is 3.33. The fraction of sp³-hybridized carbons (Fsp3) is 0.489. The molecule has 75 heavy (non-hydrogen) atoms. The largest absolute Gasteiger partial charge is 0.350 e. The molecule has 3 fully saturated rings. The van der Waals surface area contributed by atoms with Gasteiger partial charge < -0.3 is 34.4 Å². The van der Waals surface area contributed by atoms with Gasteiger partial charge in [0, 0.05) is 46.9 Å². The van der Waals surface area contributed by atoms with Gasteiger partial charge in [-0.2, -0.15) is 0 Å². The summed E-state index contributed by atoms with van der Waals surface area (Å²) in [5.74, 6) is -0.366. The molecule has 5 aliphatic rings. The number of amides is 3. The molecule has 4 aromatic rings. The number of ketones is 6. The highest BCUT2D eigenvalue weighted by atomic mass is 35.5. The van der Waals surface area contributed by atoms with E-state index in [4.69, 9.17) is 34.8 Å². The fourth-order valence-corrected chi connectivity index (χ4v) is 12.2. The number of halogens is 3. The molecule has 0 bridgehead atoms. The first kappa shape index (κ1) is 63.3. The lowest BCUT2D eigenvalue weighted by Crippen LogP contribution is -2.32. The molecule has 30 heteroatoms. The van der Waals surface area contributed by atoms with Crippen molar-refractivity contribution in [3.05, 3.63) is 53.6 Å². The summed E-state index contributed by atoms with van der Waals surface area (Å²) in [4.78, 5) is 128. The van der Waals surface area contributed by atoms with E-state index in [-0.39, 0.29) is 115 Å². The molecule has 4 aromatic heterocycles. The number of aromatic nitrogens is 4. The number of nitrogens with one attached hydrogen (secondary N) is 3. The van der Waals surface area contributed by atoms with Gasteiger partial charge in [0.05, 0.1) is 43.9 Å². The van der Waals surface area contributed by atoms with Crippen LogP contribution in [0.2, 0.25) is 0 Å². The average molecular weight is 1210 g/mol. The standard InChI is InChI=1S/2C15H16ClN3O3S2.C15H14ClN3O3S2.3H3N/c3*1-8(20)9-6-24-14(19-9)10-7-23-13(18-10)5-17-12(22)4-11(21)15(16)2-3-15;;;/h7,9H,2-6H2,1H3,(H,17,22);6,10H,2-5,7H2,1H3,(H,17,22);6-7H,2-5H2,1H3,(H,17,22);3*1H3/t9-;10-;;;;/m00..../s1. The summed E-state index contributed by atoms with van der Waals surface area (Å²) >= 11 is 26.6. The number of thiazole rings is 4. The SMILES string of the molecule is CC(=O)[C@@H]1CSC(c2csc(CNC(=O)CC(=O)C3(Cl)CC3)n2)=N1.CC(=O)c1csc(-c2csc(CNC(=O)CC(=O)C3(Cl)CC3)n2)n1.CC(=O)c1csc([C@@H]2CSC(CNC(=O)CC(=O)C3(Cl)CC3)=N2)n1.N.N.N. The van der Waals surface area contributed by atoms with E-state index in [1.807, 2.05) is 10.8 Å². The smallest absolute Gasteiger partial charge is 0.227 e. The van der Waals surface area contributed by atoms with Crippen molar-refractivity contribution in [2.45, 2.75) is 118 Å². The van der Waals surface area contributed by atoms with E-state index in [0.717, 1.165) is 31.5 Å². The van der Waals surface area contributed by atoms with Crippen LogP contribution in [0.5, 0.6) is 0 Å². The highest BCUT2D eigenvalue weighted by Crippen LogP contribution is 2.45. The Balaban J connectivity index is 0.000000239. The molecule has 0 saturated heterocycles. The van der Waals surface area contributed by atoms with E-state index >= 15 is 0 Å². The topological polar surface area (TPSA) is 371 Å². The number of hydrogen-bond donors (Lipinski definition) is 6. The lowest BCUT2D eigenvalue weighted by molar-refractivity contribution is -0.130. The van der Waals surface area contributed by atoms with Gasteiger partial charge in [-0.15, -0.1) is 104 Å². The molecule has 9 rings (SSSR count). The Bertz CT molecular complexity index is 2870. The summed E-state index contributed by atoms with van der Waals surface area (Å²) < 4.78 is 0. The molecule has 6 heterocycles. The summed E-state index contributed by atoms with van der Waals surface area (Å²) in [5.41, 5.74) is 2.29. The van der Waals surface area contributed by atoms with Gasteiger partial charge in [-0.1, -0.05) is 0 Å². The Morgan fingerprint density at radius 3 is 1.44 bits per heavy atom. The number of Topliss-reactive ketones (excluding diaryl/α,β-unsaturated/α-hetero) is 6. The zero-order chi connectivity index (χ0) is 52.0. The molecule has 0 unspecified atom stereocenters. The second-order valence-corrected chi connectivity index (χ2v) is 25.1. The maximum Gasteiger partial charge on any atom is 0.227 e. The third-order valence-corrected chi connectivity index (χ3v) is 18.7. The van der Waals surface area contributed by atoms with Gasteiger partial charge in [0.1, 0.15) is 74.6 Å². The van der Waals surface area contributed by atoms with Crippen molar-refractivity contribution in [2.24, 2.45) is 9.98 Å². The van der Waals surface area contributed by atoms with Crippen LogP contribution < -0.4 is 34.4 Å². The minimum Gasteiger partial charge on any atom is -0.350 e. The van der Waals surface area contributed by atoms with E-state index < -0.39 is 14.6 Å². The predicted octanol–water partition coefficient (Wildman–Crippen LogP) is 7.62. The lowest BCUT2D eigenvalue weighted by atomic mass is 10.2. The Hall–Kier alpha value is -4.26. The minimum absolute atomic E-state index is 0. The summed E-state index contributed by atoms with van der Waals surface area (Å²) in [7, 11) is 0. The second kappa shape index (κ2) is 27.4. The Morgan fingerprint density at radius 2 is 1.00 bits per heavy atom. The summed E-state index contributed by atoms with van der Waals surface area (Å²) in [6.45, 7) is 5.30. The molecule has 406 valence electrons. The molecule has 3 amide bonds. The molecule has 0 radical (unpaired) electrons. The first-order chi connectivity index (χ1) is 34.1. The zero-order valence-corrected chi connectivity index (χ0v) is 48.1. The predicted molar refractivity (Wildman–Crippen MR) is 298 cm³/mol. The van der Waals surface area contributed by atoms with Gasteiger partial charge in [-0.25, -0.2) is 19.9 Å². The first-order valence-electron chi connectivity index (χ1n) is 22.3. The summed E-state index contributed by atoms with van der Waals surface area (Å²) in [5, 5.41) is 19.7. The van der Waals surface area contributed by atoms with Crippen LogP contribution in [0.25, 0.3) is 10.7 Å². The van der Waals surface area contributed by atoms with E-state index in [1.54, 1.807) is 22.5 Å². The van der Waals surface area contributed by atoms with Crippen molar-refractivity contribution in [2.75, 3.05) is 18.1 Å². The number of nitrogens with zero attached hydrogens (tertiary/aromatic N) is 6. The van der Waals surface area contributed by atoms with Crippen LogP contribution in [0, 0.1) is 0 Å². The molecule has 0 aromatic carbocycles.